The molecule has 0 fully saturated rings. The molecule has 0 atom stereocenters. The summed E-state index contributed by atoms with van der Waals surface area (Å²) in [5.74, 6) is 0. The van der Waals surface area contributed by atoms with Gasteiger partial charge >= 0.3 is 0 Å². The van der Waals surface area contributed by atoms with E-state index in [9.17, 15) is 0 Å². The third-order valence-electron chi connectivity index (χ3n) is 7.14. The van der Waals surface area contributed by atoms with Crippen molar-refractivity contribution in [2.75, 3.05) is 0 Å². The van der Waals surface area contributed by atoms with Crippen molar-refractivity contribution >= 4 is 54.4 Å². The van der Waals surface area contributed by atoms with E-state index in [1.807, 2.05) is 0 Å². The molecular formula is C32H26N2. The normalized spacial score (nSPS) is 12.6. The summed E-state index contributed by atoms with van der Waals surface area (Å²) in [6.45, 7) is 6.88. The first-order chi connectivity index (χ1) is 16.5. The zero-order chi connectivity index (χ0) is 23.0. The maximum atomic E-state index is 2.50. The van der Waals surface area contributed by atoms with E-state index in [-0.39, 0.29) is 5.54 Å². The fraction of sp³-hybridized carbons (Fsp3) is 0.125. The first kappa shape index (κ1) is 19.4. The fourth-order valence-electron chi connectivity index (χ4n) is 5.89. The second-order valence-electron chi connectivity index (χ2n) is 10.2. The van der Waals surface area contributed by atoms with E-state index >= 15 is 0 Å². The van der Waals surface area contributed by atoms with E-state index in [0.29, 0.717) is 0 Å². The molecule has 2 nitrogen and oxygen atoms in total. The van der Waals surface area contributed by atoms with Crippen LogP contribution in [0.4, 0.5) is 0 Å². The standard InChI is InChI=1S/C32H26N2/c1-32(2,3)34-26-16-10-9-15-24(26)30-28(34)20-18-25-29-23-14-8-7-11-21(23)17-19-27(29)33(31(25)30)22-12-5-4-6-13-22/h4-20H,1-3H3. The van der Waals surface area contributed by atoms with Crippen molar-refractivity contribution in [1.82, 2.24) is 9.13 Å². The van der Waals surface area contributed by atoms with Gasteiger partial charge in [-0.15, -0.1) is 0 Å². The average Bonchev–Trinajstić information content (AvgIpc) is 3.37. The van der Waals surface area contributed by atoms with Crippen molar-refractivity contribution in [2.24, 2.45) is 0 Å². The Bertz CT molecular complexity index is 1880. The van der Waals surface area contributed by atoms with Gasteiger partial charge < -0.3 is 9.13 Å². The molecule has 7 rings (SSSR count). The number of hydrogen-bond acceptors (Lipinski definition) is 0. The van der Waals surface area contributed by atoms with Crippen LogP contribution in [0.25, 0.3) is 60.1 Å². The van der Waals surface area contributed by atoms with Crippen molar-refractivity contribution < 1.29 is 0 Å². The number of hydrogen-bond donors (Lipinski definition) is 0. The molecule has 0 aliphatic rings. The SMILES string of the molecule is CC(C)(C)n1c2ccccc2c2c3c(ccc21)c1c2ccccc2ccc1n3-c1ccccc1. The second kappa shape index (κ2) is 6.74. The highest BCUT2D eigenvalue weighted by molar-refractivity contribution is 6.29. The molecule has 5 aromatic carbocycles. The van der Waals surface area contributed by atoms with Crippen molar-refractivity contribution in [3.05, 3.63) is 103 Å². The molecule has 0 unspecified atom stereocenters. The second-order valence-corrected chi connectivity index (χ2v) is 10.2. The minimum absolute atomic E-state index is 0.0364. The summed E-state index contributed by atoms with van der Waals surface area (Å²) < 4.78 is 4.97. The highest BCUT2D eigenvalue weighted by Gasteiger charge is 2.24. The zero-order valence-electron chi connectivity index (χ0n) is 19.7. The van der Waals surface area contributed by atoms with E-state index < -0.39 is 0 Å². The number of rotatable bonds is 1. The predicted octanol–water partition coefficient (Wildman–Crippen LogP) is 8.80. The average molecular weight is 439 g/mol. The van der Waals surface area contributed by atoms with Crippen LogP contribution in [0, 0.1) is 0 Å². The summed E-state index contributed by atoms with van der Waals surface area (Å²) in [5.41, 5.74) is 6.26. The van der Waals surface area contributed by atoms with Crippen LogP contribution < -0.4 is 0 Å². The number of nitrogens with zero attached hydrogens (tertiary/aromatic N) is 2. The maximum absolute atomic E-state index is 2.50. The maximum Gasteiger partial charge on any atom is 0.0641 e. The third kappa shape index (κ3) is 2.51. The lowest BCUT2D eigenvalue weighted by atomic mass is 10.0. The molecule has 7 aromatic rings. The summed E-state index contributed by atoms with van der Waals surface area (Å²) in [6.07, 6.45) is 0. The molecule has 164 valence electrons. The quantitative estimate of drug-likeness (QED) is 0.242. The van der Waals surface area contributed by atoms with Crippen LogP contribution in [0.2, 0.25) is 0 Å². The Kier molecular flexibility index (Phi) is 3.85. The van der Waals surface area contributed by atoms with Crippen LogP contribution in [-0.4, -0.2) is 9.13 Å². The molecule has 2 aromatic heterocycles. The fourth-order valence-corrected chi connectivity index (χ4v) is 5.89. The van der Waals surface area contributed by atoms with Crippen molar-refractivity contribution in [2.45, 2.75) is 26.3 Å². The lowest BCUT2D eigenvalue weighted by molar-refractivity contribution is 0.423. The van der Waals surface area contributed by atoms with Gasteiger partial charge in [-0.25, -0.2) is 0 Å². The van der Waals surface area contributed by atoms with E-state index in [4.69, 9.17) is 0 Å². The number of para-hydroxylation sites is 2. The topological polar surface area (TPSA) is 9.86 Å². The van der Waals surface area contributed by atoms with Gasteiger partial charge in [0.1, 0.15) is 0 Å². The molecule has 0 spiro atoms. The van der Waals surface area contributed by atoms with Crippen molar-refractivity contribution in [3.63, 3.8) is 0 Å². The molecule has 2 heteroatoms. The van der Waals surface area contributed by atoms with E-state index in [1.54, 1.807) is 0 Å². The van der Waals surface area contributed by atoms with Crippen LogP contribution >= 0.6 is 0 Å². The van der Waals surface area contributed by atoms with Gasteiger partial charge in [-0.05, 0) is 61.9 Å². The minimum Gasteiger partial charge on any atom is -0.335 e. The Hall–Kier alpha value is -4.04. The van der Waals surface area contributed by atoms with Gasteiger partial charge in [0.15, 0.2) is 0 Å². The molecular weight excluding hydrogens is 412 g/mol. The smallest absolute Gasteiger partial charge is 0.0641 e. The Labute approximate surface area is 198 Å². The molecule has 0 N–H and O–H groups in total. The lowest BCUT2D eigenvalue weighted by Crippen LogP contribution is -2.21. The zero-order valence-corrected chi connectivity index (χ0v) is 19.7. The summed E-state index contributed by atoms with van der Waals surface area (Å²) in [7, 11) is 0. The summed E-state index contributed by atoms with van der Waals surface area (Å²) in [4.78, 5) is 0. The Balaban J connectivity index is 1.83. The van der Waals surface area contributed by atoms with Crippen molar-refractivity contribution in [3.8, 4) is 5.69 Å². The van der Waals surface area contributed by atoms with Crippen LogP contribution in [0.5, 0.6) is 0 Å². The largest absolute Gasteiger partial charge is 0.335 e. The summed E-state index contributed by atoms with van der Waals surface area (Å²) in [6, 6.07) is 37.6. The van der Waals surface area contributed by atoms with E-state index in [0.717, 1.165) is 0 Å². The molecule has 0 saturated heterocycles. The Morgan fingerprint density at radius 3 is 1.97 bits per heavy atom. The van der Waals surface area contributed by atoms with Gasteiger partial charge in [-0.1, -0.05) is 72.8 Å². The molecule has 0 amide bonds. The third-order valence-corrected chi connectivity index (χ3v) is 7.14. The van der Waals surface area contributed by atoms with E-state index in [2.05, 4.69) is 133 Å². The molecule has 0 aliphatic carbocycles. The lowest BCUT2D eigenvalue weighted by Gasteiger charge is -2.24. The highest BCUT2D eigenvalue weighted by Crippen LogP contribution is 2.44. The van der Waals surface area contributed by atoms with Gasteiger partial charge in [-0.2, -0.15) is 0 Å². The van der Waals surface area contributed by atoms with Gasteiger partial charge in [-0.3, -0.25) is 0 Å². The van der Waals surface area contributed by atoms with Gasteiger partial charge in [0, 0.05) is 38.3 Å². The Morgan fingerprint density at radius 2 is 1.18 bits per heavy atom. The van der Waals surface area contributed by atoms with Gasteiger partial charge in [0.05, 0.1) is 16.6 Å². The molecule has 34 heavy (non-hydrogen) atoms. The number of aromatic nitrogens is 2. The molecule has 0 bridgehead atoms. The molecule has 0 radical (unpaired) electrons. The van der Waals surface area contributed by atoms with Crippen LogP contribution in [0.3, 0.4) is 0 Å². The minimum atomic E-state index is -0.0364. The first-order valence-electron chi connectivity index (χ1n) is 12.0. The molecule has 0 aliphatic heterocycles. The highest BCUT2D eigenvalue weighted by atomic mass is 15.1. The molecule has 2 heterocycles. The van der Waals surface area contributed by atoms with Crippen LogP contribution in [-0.2, 0) is 5.54 Å². The monoisotopic (exact) mass is 438 g/mol. The van der Waals surface area contributed by atoms with Gasteiger partial charge in [0.25, 0.3) is 0 Å². The van der Waals surface area contributed by atoms with Gasteiger partial charge in [0.2, 0.25) is 0 Å². The Morgan fingerprint density at radius 1 is 0.500 bits per heavy atom. The van der Waals surface area contributed by atoms with Crippen LogP contribution in [0.15, 0.2) is 103 Å². The summed E-state index contributed by atoms with van der Waals surface area (Å²) >= 11 is 0. The number of fused-ring (bicyclic) bond motifs is 9. The first-order valence-corrected chi connectivity index (χ1v) is 12.0. The van der Waals surface area contributed by atoms with E-state index in [1.165, 1.54) is 60.1 Å². The number of benzene rings is 5. The van der Waals surface area contributed by atoms with Crippen LogP contribution in [0.1, 0.15) is 20.8 Å². The summed E-state index contributed by atoms with van der Waals surface area (Å²) in [5, 5.41) is 7.85. The molecule has 0 saturated carbocycles. The predicted molar refractivity (Wildman–Crippen MR) is 146 cm³/mol. The van der Waals surface area contributed by atoms with Crippen molar-refractivity contribution in [1.29, 1.82) is 0 Å².